The normalized spacial score (nSPS) is 11.2. The fourth-order valence-corrected chi connectivity index (χ4v) is 3.37. The third-order valence-corrected chi connectivity index (χ3v) is 4.87. The van der Waals surface area contributed by atoms with Crippen LogP contribution in [-0.4, -0.2) is 25.2 Å². The average Bonchev–Trinajstić information content (AvgIpc) is 3.22. The maximum atomic E-state index is 13.2. The van der Waals surface area contributed by atoms with Crippen molar-refractivity contribution in [3.05, 3.63) is 94.9 Å². The van der Waals surface area contributed by atoms with Gasteiger partial charge in [0.25, 0.3) is 0 Å². The van der Waals surface area contributed by atoms with Crippen LogP contribution < -0.4 is 0 Å². The zero-order valence-corrected chi connectivity index (χ0v) is 19.0. The Morgan fingerprint density at radius 2 is 1.22 bits per heavy atom. The van der Waals surface area contributed by atoms with Crippen molar-refractivity contribution in [3.63, 3.8) is 0 Å². The molecule has 3 aromatic rings. The molecule has 0 bridgehead atoms. The number of furan rings is 1. The molecule has 0 spiro atoms. The number of carbonyl (C=O) groups is 2. The van der Waals surface area contributed by atoms with Crippen LogP contribution in [0.5, 0.6) is 0 Å². The summed E-state index contributed by atoms with van der Waals surface area (Å²) < 4.78 is 16.8. The molecule has 0 unspecified atom stereocenters. The highest BCUT2D eigenvalue weighted by molar-refractivity contribution is 6.04. The van der Waals surface area contributed by atoms with E-state index < -0.39 is 11.9 Å². The van der Waals surface area contributed by atoms with Crippen LogP contribution in [-0.2, 0) is 9.47 Å². The number of hydrogen-bond acceptors (Lipinski definition) is 5. The topological polar surface area (TPSA) is 65.7 Å². The fourth-order valence-electron chi connectivity index (χ4n) is 3.37. The second kappa shape index (κ2) is 10.8. The second-order valence-electron chi connectivity index (χ2n) is 8.63. The molecule has 0 saturated heterocycles. The van der Waals surface area contributed by atoms with Gasteiger partial charge in [-0.1, -0.05) is 88.4 Å². The van der Waals surface area contributed by atoms with Crippen LogP contribution >= 0.6 is 0 Å². The molecule has 168 valence electrons. The molecule has 2 aromatic carbocycles. The lowest BCUT2D eigenvalue weighted by Gasteiger charge is -2.18. The number of rotatable bonds is 9. The van der Waals surface area contributed by atoms with Gasteiger partial charge in [0.15, 0.2) is 0 Å². The molecule has 5 nitrogen and oxygen atoms in total. The smallest absolute Gasteiger partial charge is 0.342 e. The number of esters is 2. The van der Waals surface area contributed by atoms with E-state index in [1.165, 1.54) is 6.26 Å². The van der Waals surface area contributed by atoms with Crippen molar-refractivity contribution in [1.82, 2.24) is 0 Å². The van der Waals surface area contributed by atoms with E-state index in [1.54, 1.807) is 0 Å². The minimum absolute atomic E-state index is 0.0891. The number of carbonyl (C=O) groups excluding carboxylic acids is 2. The largest absolute Gasteiger partial charge is 0.466 e. The third kappa shape index (κ3) is 5.67. The van der Waals surface area contributed by atoms with E-state index in [1.807, 2.05) is 88.4 Å². The Morgan fingerprint density at radius 3 is 1.69 bits per heavy atom. The summed E-state index contributed by atoms with van der Waals surface area (Å²) in [5.74, 6) is -0.869. The highest BCUT2D eigenvalue weighted by Crippen LogP contribution is 2.36. The zero-order valence-electron chi connectivity index (χ0n) is 19.0. The predicted octanol–water partition coefficient (Wildman–Crippen LogP) is 6.09. The molecular weight excluding hydrogens is 404 g/mol. The minimum atomic E-state index is -0.593. The van der Waals surface area contributed by atoms with Gasteiger partial charge >= 0.3 is 11.9 Å². The first kappa shape index (κ1) is 23.3. The lowest BCUT2D eigenvalue weighted by molar-refractivity contribution is 0.0413. The van der Waals surface area contributed by atoms with Crippen molar-refractivity contribution in [2.24, 2.45) is 11.8 Å². The maximum absolute atomic E-state index is 13.2. The quantitative estimate of drug-likeness (QED) is 0.382. The molecule has 0 fully saturated rings. The van der Waals surface area contributed by atoms with Crippen molar-refractivity contribution < 1.29 is 23.5 Å². The van der Waals surface area contributed by atoms with E-state index in [2.05, 4.69) is 0 Å². The van der Waals surface area contributed by atoms with Crippen molar-refractivity contribution >= 4 is 11.9 Å². The molecule has 0 aliphatic heterocycles. The van der Waals surface area contributed by atoms with Gasteiger partial charge in [-0.15, -0.1) is 0 Å². The van der Waals surface area contributed by atoms with Gasteiger partial charge in [-0.05, 0) is 23.0 Å². The second-order valence-corrected chi connectivity index (χ2v) is 8.63. The van der Waals surface area contributed by atoms with Crippen molar-refractivity contribution in [2.45, 2.75) is 33.6 Å². The summed E-state index contributed by atoms with van der Waals surface area (Å²) in [6.45, 7) is 8.31. The maximum Gasteiger partial charge on any atom is 0.342 e. The molecule has 0 amide bonds. The molecular formula is C27H30O5. The molecule has 0 atom stereocenters. The SMILES string of the molecule is CC(C)COC(=O)c1coc(C(c2ccccc2)c2ccccc2)c1C(=O)OCC(C)C. The first-order valence-electron chi connectivity index (χ1n) is 10.9. The summed E-state index contributed by atoms with van der Waals surface area (Å²) in [7, 11) is 0. The Kier molecular flexibility index (Phi) is 7.87. The highest BCUT2D eigenvalue weighted by Gasteiger charge is 2.33. The van der Waals surface area contributed by atoms with Gasteiger partial charge in [-0.25, -0.2) is 9.59 Å². The number of ether oxygens (including phenoxy) is 2. The molecule has 3 rings (SSSR count). The predicted molar refractivity (Wildman–Crippen MR) is 123 cm³/mol. The van der Waals surface area contributed by atoms with Crippen molar-refractivity contribution in [2.75, 3.05) is 13.2 Å². The summed E-state index contributed by atoms with van der Waals surface area (Å²) in [6, 6.07) is 19.5. The van der Waals surface area contributed by atoms with E-state index in [0.29, 0.717) is 5.76 Å². The van der Waals surface area contributed by atoms with Gasteiger partial charge in [0.1, 0.15) is 23.2 Å². The monoisotopic (exact) mass is 434 g/mol. The summed E-state index contributed by atoms with van der Waals surface area (Å²) in [6.07, 6.45) is 1.31. The Bertz CT molecular complexity index is 979. The summed E-state index contributed by atoms with van der Waals surface area (Å²) >= 11 is 0. The van der Waals surface area contributed by atoms with Gasteiger partial charge in [-0.3, -0.25) is 0 Å². The van der Waals surface area contributed by atoms with Gasteiger partial charge in [0.2, 0.25) is 0 Å². The summed E-state index contributed by atoms with van der Waals surface area (Å²) in [5, 5.41) is 0. The minimum Gasteiger partial charge on any atom is -0.466 e. The molecule has 1 aromatic heterocycles. The van der Waals surface area contributed by atoms with E-state index in [9.17, 15) is 9.59 Å². The molecule has 32 heavy (non-hydrogen) atoms. The summed E-state index contributed by atoms with van der Waals surface area (Å²) in [5.41, 5.74) is 2.09. The van der Waals surface area contributed by atoms with Crippen LogP contribution in [0.25, 0.3) is 0 Å². The van der Waals surface area contributed by atoms with Crippen LogP contribution in [0.3, 0.4) is 0 Å². The molecule has 0 aliphatic carbocycles. The van der Waals surface area contributed by atoms with Gasteiger partial charge in [0, 0.05) is 0 Å². The van der Waals surface area contributed by atoms with Crippen LogP contribution in [0.1, 0.15) is 71.2 Å². The Balaban J connectivity index is 2.12. The highest BCUT2D eigenvalue weighted by atomic mass is 16.5. The van der Waals surface area contributed by atoms with Crippen molar-refractivity contribution in [3.8, 4) is 0 Å². The number of benzene rings is 2. The first-order chi connectivity index (χ1) is 15.4. The number of hydrogen-bond donors (Lipinski definition) is 0. The van der Waals surface area contributed by atoms with Crippen LogP contribution in [0.2, 0.25) is 0 Å². The standard InChI is InChI=1S/C27H30O5/c1-18(2)15-31-26(28)22-17-30-25(24(22)27(29)32-16-19(3)4)23(20-11-7-5-8-12-20)21-13-9-6-10-14-21/h5-14,17-19,23H,15-16H2,1-4H3. The van der Waals surface area contributed by atoms with E-state index >= 15 is 0 Å². The summed E-state index contributed by atoms with van der Waals surface area (Å²) in [4.78, 5) is 26.0. The van der Waals surface area contributed by atoms with E-state index in [0.717, 1.165) is 11.1 Å². The van der Waals surface area contributed by atoms with Gasteiger partial charge in [-0.2, -0.15) is 0 Å². The fraction of sp³-hybridized carbons (Fsp3) is 0.333. The molecule has 0 aliphatic rings. The molecule has 0 N–H and O–H groups in total. The van der Waals surface area contributed by atoms with Gasteiger partial charge < -0.3 is 13.9 Å². The van der Waals surface area contributed by atoms with Crippen LogP contribution in [0.15, 0.2) is 71.3 Å². The molecule has 0 radical (unpaired) electrons. The molecule has 5 heteroatoms. The lowest BCUT2D eigenvalue weighted by atomic mass is 9.87. The lowest BCUT2D eigenvalue weighted by Crippen LogP contribution is -2.18. The average molecular weight is 435 g/mol. The van der Waals surface area contributed by atoms with Crippen molar-refractivity contribution in [1.29, 1.82) is 0 Å². The molecule has 1 heterocycles. The van der Waals surface area contributed by atoms with E-state index in [4.69, 9.17) is 13.9 Å². The first-order valence-corrected chi connectivity index (χ1v) is 10.9. The van der Waals surface area contributed by atoms with E-state index in [-0.39, 0.29) is 42.1 Å². The molecule has 0 saturated carbocycles. The Morgan fingerprint density at radius 1 is 0.750 bits per heavy atom. The Hall–Kier alpha value is -3.34. The van der Waals surface area contributed by atoms with Crippen LogP contribution in [0.4, 0.5) is 0 Å². The Labute approximate surface area is 189 Å². The third-order valence-electron chi connectivity index (χ3n) is 4.87. The van der Waals surface area contributed by atoms with Crippen LogP contribution in [0, 0.1) is 11.8 Å². The van der Waals surface area contributed by atoms with Gasteiger partial charge in [0.05, 0.1) is 19.1 Å². The zero-order chi connectivity index (χ0) is 23.1.